The Bertz CT molecular complexity index is 910. The van der Waals surface area contributed by atoms with Crippen LogP contribution in [0.15, 0.2) is 59.6 Å². The van der Waals surface area contributed by atoms with Crippen LogP contribution in [-0.2, 0) is 9.59 Å². The summed E-state index contributed by atoms with van der Waals surface area (Å²) < 4.78 is 0. The molecule has 0 aliphatic carbocycles. The lowest BCUT2D eigenvalue weighted by molar-refractivity contribution is -0.128. The normalized spacial score (nSPS) is 19.6. The first kappa shape index (κ1) is 20.7. The fourth-order valence-electron chi connectivity index (χ4n) is 3.56. The second-order valence-electron chi connectivity index (χ2n) is 7.35. The zero-order chi connectivity index (χ0) is 21.0. The lowest BCUT2D eigenvalue weighted by atomic mass is 10.00. The minimum absolute atomic E-state index is 0.139. The van der Waals surface area contributed by atoms with E-state index in [0.29, 0.717) is 6.42 Å². The first-order valence-electron chi connectivity index (χ1n) is 9.98. The number of fused-ring (bicyclic) bond motifs is 1. The molecular weight excluding hydrogens is 364 g/mol. The second-order valence-corrected chi connectivity index (χ2v) is 7.35. The first-order chi connectivity index (χ1) is 13.9. The molecule has 0 bridgehead atoms. The van der Waals surface area contributed by atoms with Gasteiger partial charge in [-0.05, 0) is 19.4 Å². The SMILES string of the molecule is CCCC(=O)NC(C)C(=O)C1N=C(c2ccccc2)c2ccccc2N(C)[C@@H]1N. The number of amides is 1. The number of hydrogen-bond donors (Lipinski definition) is 2. The van der Waals surface area contributed by atoms with Gasteiger partial charge in [-0.1, -0.05) is 55.5 Å². The molecule has 0 saturated carbocycles. The van der Waals surface area contributed by atoms with Crippen molar-refractivity contribution in [3.8, 4) is 0 Å². The number of ketones is 1. The Labute approximate surface area is 171 Å². The molecule has 3 N–H and O–H groups in total. The van der Waals surface area contributed by atoms with Gasteiger partial charge in [0.05, 0.1) is 11.8 Å². The van der Waals surface area contributed by atoms with Crippen LogP contribution in [0.4, 0.5) is 5.69 Å². The molecule has 0 fully saturated rings. The minimum atomic E-state index is -0.806. The number of para-hydroxylation sites is 1. The van der Waals surface area contributed by atoms with Crippen molar-refractivity contribution in [3.05, 3.63) is 65.7 Å². The maximum Gasteiger partial charge on any atom is 0.220 e. The van der Waals surface area contributed by atoms with Crippen molar-refractivity contribution in [1.29, 1.82) is 0 Å². The number of hydrogen-bond acceptors (Lipinski definition) is 5. The second kappa shape index (κ2) is 9.01. The number of nitrogens with zero attached hydrogens (tertiary/aromatic N) is 2. The molecule has 2 unspecified atom stereocenters. The third-order valence-electron chi connectivity index (χ3n) is 5.20. The molecule has 152 valence electrons. The molecular formula is C23H28N4O2. The van der Waals surface area contributed by atoms with E-state index in [0.717, 1.165) is 28.9 Å². The predicted molar refractivity (Wildman–Crippen MR) is 116 cm³/mol. The number of rotatable bonds is 6. The van der Waals surface area contributed by atoms with Crippen molar-refractivity contribution in [2.45, 2.75) is 44.9 Å². The number of nitrogens with two attached hydrogens (primary N) is 1. The standard InChI is InChI=1S/C23H28N4O2/c1-4-10-19(28)25-15(2)22(29)21-23(24)27(3)18-14-9-8-13-17(18)20(26-21)16-11-6-5-7-12-16/h5-9,11-15,21,23H,4,10,24H2,1-3H3,(H,25,28)/t15?,21?,23-/m0/s1. The molecule has 3 rings (SSSR count). The summed E-state index contributed by atoms with van der Waals surface area (Å²) in [6.45, 7) is 3.62. The maximum atomic E-state index is 13.2. The van der Waals surface area contributed by atoms with E-state index in [1.54, 1.807) is 6.92 Å². The van der Waals surface area contributed by atoms with Crippen LogP contribution in [0.25, 0.3) is 0 Å². The predicted octanol–water partition coefficient (Wildman–Crippen LogP) is 2.50. The molecule has 0 aromatic heterocycles. The third-order valence-corrected chi connectivity index (χ3v) is 5.20. The maximum absolute atomic E-state index is 13.2. The molecule has 0 saturated heterocycles. The highest BCUT2D eigenvalue weighted by Crippen LogP contribution is 2.29. The van der Waals surface area contributed by atoms with Gasteiger partial charge in [0.25, 0.3) is 0 Å². The van der Waals surface area contributed by atoms with Crippen molar-refractivity contribution in [2.75, 3.05) is 11.9 Å². The fourth-order valence-corrected chi connectivity index (χ4v) is 3.56. The number of carbonyl (C=O) groups excluding carboxylic acids is 2. The van der Waals surface area contributed by atoms with Crippen LogP contribution < -0.4 is 16.0 Å². The fraction of sp³-hybridized carbons (Fsp3) is 0.348. The van der Waals surface area contributed by atoms with Crippen LogP contribution in [0.5, 0.6) is 0 Å². The molecule has 1 amide bonds. The van der Waals surface area contributed by atoms with Crippen LogP contribution in [0.3, 0.4) is 0 Å². The summed E-state index contributed by atoms with van der Waals surface area (Å²) in [5.74, 6) is -0.338. The molecule has 29 heavy (non-hydrogen) atoms. The van der Waals surface area contributed by atoms with Gasteiger partial charge in [0.15, 0.2) is 5.78 Å². The van der Waals surface area contributed by atoms with E-state index in [-0.39, 0.29) is 11.7 Å². The Hall–Kier alpha value is -2.99. The first-order valence-corrected chi connectivity index (χ1v) is 9.98. The molecule has 0 radical (unpaired) electrons. The van der Waals surface area contributed by atoms with E-state index in [4.69, 9.17) is 10.7 Å². The molecule has 3 atom stereocenters. The minimum Gasteiger partial charge on any atom is -0.356 e. The van der Waals surface area contributed by atoms with Gasteiger partial charge in [-0.3, -0.25) is 14.6 Å². The highest BCUT2D eigenvalue weighted by atomic mass is 16.2. The summed E-state index contributed by atoms with van der Waals surface area (Å²) in [5.41, 5.74) is 9.98. The summed E-state index contributed by atoms with van der Waals surface area (Å²) in [4.78, 5) is 32.0. The van der Waals surface area contributed by atoms with Crippen molar-refractivity contribution in [2.24, 2.45) is 10.7 Å². The number of likely N-dealkylation sites (N-methyl/N-ethyl adjacent to an activating group) is 1. The van der Waals surface area contributed by atoms with Gasteiger partial charge >= 0.3 is 0 Å². The van der Waals surface area contributed by atoms with E-state index < -0.39 is 18.2 Å². The molecule has 1 aliphatic rings. The van der Waals surface area contributed by atoms with Crippen LogP contribution in [0.1, 0.15) is 37.8 Å². The van der Waals surface area contributed by atoms with Crippen molar-refractivity contribution in [3.63, 3.8) is 0 Å². The van der Waals surface area contributed by atoms with Gasteiger partial charge in [0, 0.05) is 30.3 Å². The largest absolute Gasteiger partial charge is 0.356 e. The van der Waals surface area contributed by atoms with Crippen molar-refractivity contribution < 1.29 is 9.59 Å². The Kier molecular flexibility index (Phi) is 6.44. The number of benzodiazepines with no additional fused rings is 1. The number of benzene rings is 2. The molecule has 1 aliphatic heterocycles. The number of carbonyl (C=O) groups is 2. The summed E-state index contributed by atoms with van der Waals surface area (Å²) >= 11 is 0. The Morgan fingerprint density at radius 2 is 1.79 bits per heavy atom. The van der Waals surface area contributed by atoms with E-state index >= 15 is 0 Å². The number of aliphatic imine (C=N–C) groups is 1. The van der Waals surface area contributed by atoms with E-state index in [1.807, 2.05) is 73.5 Å². The summed E-state index contributed by atoms with van der Waals surface area (Å²) in [6, 6.07) is 16.2. The van der Waals surface area contributed by atoms with Crippen LogP contribution in [0, 0.1) is 0 Å². The van der Waals surface area contributed by atoms with Gasteiger partial charge in [0.1, 0.15) is 12.2 Å². The Morgan fingerprint density at radius 3 is 2.48 bits per heavy atom. The van der Waals surface area contributed by atoms with Gasteiger partial charge in [-0.2, -0.15) is 0 Å². The van der Waals surface area contributed by atoms with Crippen molar-refractivity contribution in [1.82, 2.24) is 5.32 Å². The van der Waals surface area contributed by atoms with Gasteiger partial charge in [-0.25, -0.2) is 0 Å². The third kappa shape index (κ3) is 4.38. The Balaban J connectivity index is 2.03. The summed E-state index contributed by atoms with van der Waals surface area (Å²) in [6.07, 6.45) is 0.470. The number of Topliss-reactive ketones (excluding diaryl/α,β-unsaturated/α-hetero) is 1. The zero-order valence-corrected chi connectivity index (χ0v) is 17.1. The van der Waals surface area contributed by atoms with Gasteiger partial charge < -0.3 is 16.0 Å². The Morgan fingerprint density at radius 1 is 1.14 bits per heavy atom. The zero-order valence-electron chi connectivity index (χ0n) is 17.1. The molecule has 1 heterocycles. The monoisotopic (exact) mass is 392 g/mol. The number of nitrogens with one attached hydrogen (secondary N) is 1. The number of anilines is 1. The topological polar surface area (TPSA) is 87.8 Å². The van der Waals surface area contributed by atoms with Gasteiger partial charge in [0.2, 0.25) is 5.91 Å². The van der Waals surface area contributed by atoms with Crippen LogP contribution in [-0.4, -0.2) is 42.7 Å². The molecule has 0 spiro atoms. The van der Waals surface area contributed by atoms with Crippen molar-refractivity contribution >= 4 is 23.1 Å². The lowest BCUT2D eigenvalue weighted by Crippen LogP contribution is -2.54. The molecule has 2 aromatic rings. The van der Waals surface area contributed by atoms with Crippen LogP contribution in [0.2, 0.25) is 0 Å². The lowest BCUT2D eigenvalue weighted by Gasteiger charge is -2.30. The van der Waals surface area contributed by atoms with E-state index in [2.05, 4.69) is 5.32 Å². The highest BCUT2D eigenvalue weighted by molar-refractivity contribution is 6.17. The smallest absolute Gasteiger partial charge is 0.220 e. The van der Waals surface area contributed by atoms with Crippen LogP contribution >= 0.6 is 0 Å². The van der Waals surface area contributed by atoms with E-state index in [9.17, 15) is 9.59 Å². The average molecular weight is 393 g/mol. The molecule has 2 aromatic carbocycles. The quantitative estimate of drug-likeness (QED) is 0.791. The average Bonchev–Trinajstić information content (AvgIpc) is 2.84. The highest BCUT2D eigenvalue weighted by Gasteiger charge is 2.36. The van der Waals surface area contributed by atoms with Gasteiger partial charge in [-0.15, -0.1) is 0 Å². The molecule has 6 heteroatoms. The molecule has 6 nitrogen and oxygen atoms in total. The van der Waals surface area contributed by atoms with E-state index in [1.165, 1.54) is 0 Å². The summed E-state index contributed by atoms with van der Waals surface area (Å²) in [7, 11) is 1.87. The summed E-state index contributed by atoms with van der Waals surface area (Å²) in [5, 5.41) is 2.78.